The quantitative estimate of drug-likeness (QED) is 0.758. The van der Waals surface area contributed by atoms with Crippen LogP contribution < -0.4 is 0 Å². The molecule has 1 amide bonds. The zero-order chi connectivity index (χ0) is 18.8. The molecule has 0 saturated carbocycles. The van der Waals surface area contributed by atoms with Crippen LogP contribution in [-0.2, 0) is 6.54 Å². The zero-order valence-corrected chi connectivity index (χ0v) is 15.5. The summed E-state index contributed by atoms with van der Waals surface area (Å²) < 4.78 is 14.0. The number of aromatic amines is 1. The van der Waals surface area contributed by atoms with E-state index in [0.29, 0.717) is 17.7 Å². The Hall–Kier alpha value is -2.66. The minimum absolute atomic E-state index is 0.0317. The third-order valence-corrected chi connectivity index (χ3v) is 5.50. The minimum Gasteiger partial charge on any atom is -0.361 e. The molecule has 1 atom stereocenters. The molecule has 0 bridgehead atoms. The van der Waals surface area contributed by atoms with E-state index in [1.54, 1.807) is 6.07 Å². The van der Waals surface area contributed by atoms with Crippen LogP contribution in [0.4, 0.5) is 4.39 Å². The number of likely N-dealkylation sites (N-methyl/N-ethyl adjacent to an activating group) is 1. The van der Waals surface area contributed by atoms with E-state index >= 15 is 0 Å². The van der Waals surface area contributed by atoms with Crippen LogP contribution in [0.15, 0.2) is 54.7 Å². The van der Waals surface area contributed by atoms with E-state index in [1.165, 1.54) is 6.07 Å². The second-order valence-corrected chi connectivity index (χ2v) is 7.32. The van der Waals surface area contributed by atoms with Crippen molar-refractivity contribution in [3.63, 3.8) is 0 Å². The maximum atomic E-state index is 14.0. The van der Waals surface area contributed by atoms with Gasteiger partial charge in [-0.2, -0.15) is 0 Å². The van der Waals surface area contributed by atoms with Gasteiger partial charge in [0.2, 0.25) is 0 Å². The Kier molecular flexibility index (Phi) is 4.94. The lowest BCUT2D eigenvalue weighted by molar-refractivity contribution is 0.0608. The number of halogens is 1. The first-order valence-corrected chi connectivity index (χ1v) is 9.42. The molecule has 0 aliphatic carbocycles. The molecule has 1 fully saturated rings. The molecule has 1 aliphatic rings. The lowest BCUT2D eigenvalue weighted by Gasteiger charge is -2.37. The number of hydrogen-bond acceptors (Lipinski definition) is 2. The molecule has 5 heteroatoms. The summed E-state index contributed by atoms with van der Waals surface area (Å²) in [6.07, 6.45) is 3.86. The number of nitrogens with zero attached hydrogens (tertiary/aromatic N) is 2. The van der Waals surface area contributed by atoms with Crippen LogP contribution in [0.2, 0.25) is 0 Å². The molecule has 1 aromatic heterocycles. The van der Waals surface area contributed by atoms with Crippen molar-refractivity contribution in [3.05, 3.63) is 71.7 Å². The van der Waals surface area contributed by atoms with E-state index < -0.39 is 0 Å². The van der Waals surface area contributed by atoms with Gasteiger partial charge in [0, 0.05) is 49.0 Å². The van der Waals surface area contributed by atoms with Crippen molar-refractivity contribution in [1.29, 1.82) is 0 Å². The van der Waals surface area contributed by atoms with Crippen molar-refractivity contribution in [3.8, 4) is 0 Å². The summed E-state index contributed by atoms with van der Waals surface area (Å²) >= 11 is 0. The highest BCUT2D eigenvalue weighted by Gasteiger charge is 2.27. The summed E-state index contributed by atoms with van der Waals surface area (Å²) in [5, 5.41) is 1.10. The van der Waals surface area contributed by atoms with Gasteiger partial charge in [-0.25, -0.2) is 4.39 Å². The molecule has 4 nitrogen and oxygen atoms in total. The number of likely N-dealkylation sites (tertiary alicyclic amines) is 1. The number of benzene rings is 2. The Morgan fingerprint density at radius 2 is 2.11 bits per heavy atom. The second-order valence-electron chi connectivity index (χ2n) is 7.32. The predicted octanol–water partition coefficient (Wildman–Crippen LogP) is 4.04. The van der Waals surface area contributed by atoms with Gasteiger partial charge < -0.3 is 9.88 Å². The first-order chi connectivity index (χ1) is 13.1. The van der Waals surface area contributed by atoms with E-state index in [2.05, 4.69) is 9.88 Å². The molecule has 1 N–H and O–H groups in total. The molecule has 1 saturated heterocycles. The molecule has 27 heavy (non-hydrogen) atoms. The van der Waals surface area contributed by atoms with Crippen LogP contribution in [0.1, 0.15) is 28.8 Å². The Balaban J connectivity index is 1.45. The predicted molar refractivity (Wildman–Crippen MR) is 105 cm³/mol. The molecule has 2 aromatic carbocycles. The second kappa shape index (κ2) is 7.53. The Bertz CT molecular complexity index is 951. The number of rotatable bonds is 4. The van der Waals surface area contributed by atoms with Crippen molar-refractivity contribution >= 4 is 16.8 Å². The van der Waals surface area contributed by atoms with E-state index in [0.717, 1.165) is 36.8 Å². The fourth-order valence-electron chi connectivity index (χ4n) is 3.91. The molecule has 4 rings (SSSR count). The summed E-state index contributed by atoms with van der Waals surface area (Å²) in [4.78, 5) is 20.2. The largest absolute Gasteiger partial charge is 0.361 e. The van der Waals surface area contributed by atoms with E-state index in [4.69, 9.17) is 0 Å². The normalized spacial score (nSPS) is 17.9. The fourth-order valence-corrected chi connectivity index (χ4v) is 3.91. The van der Waals surface area contributed by atoms with Gasteiger partial charge in [0.15, 0.2) is 0 Å². The van der Waals surface area contributed by atoms with Gasteiger partial charge in [0.05, 0.1) is 0 Å². The molecule has 0 radical (unpaired) electrons. The van der Waals surface area contributed by atoms with Crippen molar-refractivity contribution in [1.82, 2.24) is 14.8 Å². The lowest BCUT2D eigenvalue weighted by atomic mass is 10.0. The summed E-state index contributed by atoms with van der Waals surface area (Å²) in [5.41, 5.74) is 2.38. The topological polar surface area (TPSA) is 39.3 Å². The smallest absolute Gasteiger partial charge is 0.253 e. The van der Waals surface area contributed by atoms with E-state index in [-0.39, 0.29) is 17.8 Å². The van der Waals surface area contributed by atoms with Crippen LogP contribution >= 0.6 is 0 Å². The fraction of sp³-hybridized carbons (Fsp3) is 0.318. The van der Waals surface area contributed by atoms with Crippen molar-refractivity contribution < 1.29 is 9.18 Å². The molecule has 0 unspecified atom stereocenters. The minimum atomic E-state index is -0.164. The van der Waals surface area contributed by atoms with Gasteiger partial charge in [-0.3, -0.25) is 9.69 Å². The first kappa shape index (κ1) is 17.7. The number of carbonyl (C=O) groups is 1. The van der Waals surface area contributed by atoms with Crippen LogP contribution in [0.3, 0.4) is 0 Å². The Morgan fingerprint density at radius 3 is 2.96 bits per heavy atom. The van der Waals surface area contributed by atoms with Crippen LogP contribution in [0, 0.1) is 5.82 Å². The number of carbonyl (C=O) groups excluding carboxylic acids is 1. The highest BCUT2D eigenvalue weighted by Crippen LogP contribution is 2.21. The number of amides is 1. The molecule has 0 spiro atoms. The van der Waals surface area contributed by atoms with Crippen molar-refractivity contribution in [2.24, 2.45) is 0 Å². The van der Waals surface area contributed by atoms with Crippen LogP contribution in [-0.4, -0.2) is 46.9 Å². The zero-order valence-electron chi connectivity index (χ0n) is 15.5. The molecular weight excluding hydrogens is 341 g/mol. The molecule has 2 heterocycles. The van der Waals surface area contributed by atoms with Crippen molar-refractivity contribution in [2.45, 2.75) is 25.4 Å². The third-order valence-electron chi connectivity index (χ3n) is 5.50. The average molecular weight is 365 g/mol. The summed E-state index contributed by atoms with van der Waals surface area (Å²) in [5.74, 6) is -0.132. The van der Waals surface area contributed by atoms with Gasteiger partial charge in [-0.1, -0.05) is 24.3 Å². The van der Waals surface area contributed by atoms with Crippen LogP contribution in [0.25, 0.3) is 10.9 Å². The van der Waals surface area contributed by atoms with Gasteiger partial charge in [-0.05, 0) is 49.0 Å². The Labute approximate surface area is 158 Å². The third kappa shape index (κ3) is 3.74. The number of nitrogens with one attached hydrogen (secondary N) is 1. The van der Waals surface area contributed by atoms with Gasteiger partial charge in [-0.15, -0.1) is 0 Å². The maximum Gasteiger partial charge on any atom is 0.253 e. The number of H-pyrrole nitrogens is 1. The molecule has 1 aliphatic heterocycles. The van der Waals surface area contributed by atoms with Crippen molar-refractivity contribution in [2.75, 3.05) is 20.1 Å². The molecular formula is C22H24FN3O. The summed E-state index contributed by atoms with van der Waals surface area (Å²) in [6.45, 7) is 2.28. The SMILES string of the molecule is CN(C(=O)c1ccc2cc[nH]c2c1)[C@@H]1CCCN(Cc2ccccc2F)C1. The first-order valence-electron chi connectivity index (χ1n) is 9.42. The number of fused-ring (bicyclic) bond motifs is 1. The van der Waals surface area contributed by atoms with E-state index in [1.807, 2.05) is 54.5 Å². The number of hydrogen-bond donors (Lipinski definition) is 1. The summed E-state index contributed by atoms with van der Waals surface area (Å²) in [7, 11) is 1.87. The highest BCUT2D eigenvalue weighted by molar-refractivity contribution is 5.98. The average Bonchev–Trinajstić information content (AvgIpc) is 3.16. The lowest BCUT2D eigenvalue weighted by Crippen LogP contribution is -2.48. The van der Waals surface area contributed by atoms with Crippen LogP contribution in [0.5, 0.6) is 0 Å². The monoisotopic (exact) mass is 365 g/mol. The highest BCUT2D eigenvalue weighted by atomic mass is 19.1. The summed E-state index contributed by atoms with van der Waals surface area (Å²) in [6, 6.07) is 14.8. The number of aromatic nitrogens is 1. The van der Waals surface area contributed by atoms with E-state index in [9.17, 15) is 9.18 Å². The maximum absolute atomic E-state index is 14.0. The Morgan fingerprint density at radius 1 is 1.26 bits per heavy atom. The van der Waals surface area contributed by atoms with Gasteiger partial charge >= 0.3 is 0 Å². The molecule has 140 valence electrons. The van der Waals surface area contributed by atoms with Gasteiger partial charge in [0.1, 0.15) is 5.82 Å². The molecule has 3 aromatic rings. The number of piperidine rings is 1. The van der Waals surface area contributed by atoms with Gasteiger partial charge in [0.25, 0.3) is 5.91 Å². The standard InChI is InChI=1S/C22H24FN3O/c1-25(22(27)17-9-8-16-10-11-24-21(16)13-17)19-6-4-12-26(15-19)14-18-5-2-3-7-20(18)23/h2-3,5,7-11,13,19,24H,4,6,12,14-15H2,1H3/t19-/m1/s1.